The van der Waals surface area contributed by atoms with Gasteiger partial charge in [-0.2, -0.15) is 0 Å². The molecule has 0 heterocycles. The monoisotopic (exact) mass is 434 g/mol. The average Bonchev–Trinajstić information content (AvgIpc) is 2.24. The van der Waals surface area contributed by atoms with Crippen LogP contribution < -0.4 is 0 Å². The first kappa shape index (κ1) is 12.4. The molecule has 0 unspecified atom stereocenters. The zero-order valence-corrected chi connectivity index (χ0v) is 13.3. The lowest BCUT2D eigenvalue weighted by molar-refractivity contribution is 1.18. The van der Waals surface area contributed by atoms with Gasteiger partial charge in [-0.25, -0.2) is 0 Å². The Balaban J connectivity index is 2.24. The molecular formula is C14H12I2. The average molecular weight is 434 g/mol. The number of benzene rings is 2. The third-order valence-corrected chi connectivity index (χ3v) is 4.37. The van der Waals surface area contributed by atoms with E-state index in [9.17, 15) is 0 Å². The maximum atomic E-state index is 2.40. The minimum Gasteiger partial charge on any atom is -0.0609 e. The quantitative estimate of drug-likeness (QED) is 0.597. The van der Waals surface area contributed by atoms with Crippen molar-refractivity contribution in [1.82, 2.24) is 0 Å². The smallest absolute Gasteiger partial charge is 0.0162 e. The fourth-order valence-corrected chi connectivity index (χ4v) is 2.82. The molecule has 0 bridgehead atoms. The normalized spacial score (nSPS) is 10.4. The van der Waals surface area contributed by atoms with Crippen LogP contribution >= 0.6 is 45.2 Å². The molecule has 0 aliphatic heterocycles. The van der Waals surface area contributed by atoms with Crippen LogP contribution in [0.2, 0.25) is 0 Å². The Labute approximate surface area is 124 Å². The lowest BCUT2D eigenvalue weighted by Crippen LogP contribution is -1.90. The lowest BCUT2D eigenvalue weighted by Gasteiger charge is -2.05. The molecule has 0 N–H and O–H groups in total. The van der Waals surface area contributed by atoms with E-state index in [4.69, 9.17) is 0 Å². The Morgan fingerprint density at radius 3 is 2.38 bits per heavy atom. The van der Waals surface area contributed by atoms with E-state index in [0.29, 0.717) is 0 Å². The molecule has 82 valence electrons. The maximum absolute atomic E-state index is 2.40. The summed E-state index contributed by atoms with van der Waals surface area (Å²) in [5, 5.41) is 0. The van der Waals surface area contributed by atoms with E-state index in [-0.39, 0.29) is 0 Å². The number of hydrogen-bond acceptors (Lipinski definition) is 0. The highest BCUT2D eigenvalue weighted by Gasteiger charge is 2.00. The first-order valence-electron chi connectivity index (χ1n) is 5.14. The molecule has 2 heteroatoms. The predicted molar refractivity (Wildman–Crippen MR) is 85.9 cm³/mol. The molecule has 0 atom stereocenters. The molecule has 0 fully saturated rings. The van der Waals surface area contributed by atoms with Gasteiger partial charge in [0.15, 0.2) is 0 Å². The van der Waals surface area contributed by atoms with Crippen molar-refractivity contribution >= 4 is 45.2 Å². The summed E-state index contributed by atoms with van der Waals surface area (Å²) in [7, 11) is 0. The number of rotatable bonds is 2. The molecule has 0 aromatic heterocycles. The van der Waals surface area contributed by atoms with E-state index in [1.165, 1.54) is 23.8 Å². The van der Waals surface area contributed by atoms with Crippen molar-refractivity contribution < 1.29 is 0 Å². The van der Waals surface area contributed by atoms with Crippen LogP contribution in [0.15, 0.2) is 42.5 Å². The summed E-state index contributed by atoms with van der Waals surface area (Å²) >= 11 is 4.76. The molecule has 2 aromatic carbocycles. The highest BCUT2D eigenvalue weighted by molar-refractivity contribution is 14.1. The van der Waals surface area contributed by atoms with Crippen LogP contribution in [-0.2, 0) is 6.42 Å². The highest BCUT2D eigenvalue weighted by atomic mass is 127. The van der Waals surface area contributed by atoms with E-state index >= 15 is 0 Å². The van der Waals surface area contributed by atoms with Crippen LogP contribution in [0.1, 0.15) is 16.7 Å². The fraction of sp³-hybridized carbons (Fsp3) is 0.143. The molecule has 2 rings (SSSR count). The van der Waals surface area contributed by atoms with Gasteiger partial charge in [-0.1, -0.05) is 24.3 Å². The van der Waals surface area contributed by atoms with E-state index < -0.39 is 0 Å². The van der Waals surface area contributed by atoms with E-state index in [1.54, 1.807) is 0 Å². The summed E-state index contributed by atoms with van der Waals surface area (Å²) in [6.45, 7) is 2.15. The van der Waals surface area contributed by atoms with Crippen LogP contribution in [-0.4, -0.2) is 0 Å². The Bertz CT molecular complexity index is 504. The molecule has 0 radical (unpaired) electrons. The molecule has 16 heavy (non-hydrogen) atoms. The van der Waals surface area contributed by atoms with Crippen molar-refractivity contribution in [3.8, 4) is 0 Å². The predicted octanol–water partition coefficient (Wildman–Crippen LogP) is 4.80. The summed E-state index contributed by atoms with van der Waals surface area (Å²) in [6.07, 6.45) is 1.02. The van der Waals surface area contributed by atoms with Crippen molar-refractivity contribution in [3.63, 3.8) is 0 Å². The molecule has 0 aliphatic carbocycles. The molecule has 0 saturated carbocycles. The number of hydrogen-bond donors (Lipinski definition) is 0. The number of halogens is 2. The van der Waals surface area contributed by atoms with Crippen molar-refractivity contribution in [2.75, 3.05) is 0 Å². The van der Waals surface area contributed by atoms with Gasteiger partial charge in [0.1, 0.15) is 0 Å². The Kier molecular flexibility index (Phi) is 4.24. The van der Waals surface area contributed by atoms with Crippen LogP contribution in [0.25, 0.3) is 0 Å². The van der Waals surface area contributed by atoms with Gasteiger partial charge in [0.05, 0.1) is 0 Å². The molecule has 0 spiro atoms. The molecule has 0 aliphatic rings. The summed E-state index contributed by atoms with van der Waals surface area (Å²) in [4.78, 5) is 0. The SMILES string of the molecule is Cc1ccc(Cc2cccc(I)c2)cc1I. The first-order valence-corrected chi connectivity index (χ1v) is 7.30. The van der Waals surface area contributed by atoms with Crippen LogP contribution in [0, 0.1) is 14.1 Å². The van der Waals surface area contributed by atoms with Gasteiger partial charge in [0.2, 0.25) is 0 Å². The number of aryl methyl sites for hydroxylation is 1. The van der Waals surface area contributed by atoms with Gasteiger partial charge in [-0.3, -0.25) is 0 Å². The maximum Gasteiger partial charge on any atom is 0.0162 e. The summed E-state index contributed by atoms with van der Waals surface area (Å²) in [5.41, 5.74) is 4.12. The van der Waals surface area contributed by atoms with Crippen molar-refractivity contribution in [3.05, 3.63) is 66.3 Å². The Morgan fingerprint density at radius 1 is 0.938 bits per heavy atom. The zero-order chi connectivity index (χ0) is 11.5. The third kappa shape index (κ3) is 3.20. The molecule has 0 amide bonds. The highest BCUT2D eigenvalue weighted by Crippen LogP contribution is 2.17. The lowest BCUT2D eigenvalue weighted by atomic mass is 10.0. The second-order valence-electron chi connectivity index (χ2n) is 3.89. The van der Waals surface area contributed by atoms with E-state index in [0.717, 1.165) is 6.42 Å². The van der Waals surface area contributed by atoms with Crippen molar-refractivity contribution in [2.24, 2.45) is 0 Å². The fourth-order valence-electron chi connectivity index (χ4n) is 1.63. The standard InChI is InChI=1S/C14H12I2/c1-10-5-6-12(9-14(10)16)7-11-3-2-4-13(15)8-11/h2-6,8-9H,7H2,1H3. The van der Waals surface area contributed by atoms with Crippen LogP contribution in [0.5, 0.6) is 0 Å². The minimum atomic E-state index is 1.02. The molecule has 2 aromatic rings. The van der Waals surface area contributed by atoms with Crippen LogP contribution in [0.4, 0.5) is 0 Å². The van der Waals surface area contributed by atoms with Gasteiger partial charge in [0.25, 0.3) is 0 Å². The molecule has 0 saturated heterocycles. The summed E-state index contributed by atoms with van der Waals surface area (Å²) in [6, 6.07) is 15.4. The zero-order valence-electron chi connectivity index (χ0n) is 9.00. The Hall–Kier alpha value is -0.100. The van der Waals surface area contributed by atoms with Gasteiger partial charge in [-0.15, -0.1) is 0 Å². The largest absolute Gasteiger partial charge is 0.0609 e. The summed E-state index contributed by atoms with van der Waals surface area (Å²) < 4.78 is 2.65. The van der Waals surface area contributed by atoms with Gasteiger partial charge < -0.3 is 0 Å². The van der Waals surface area contributed by atoms with E-state index in [1.807, 2.05) is 0 Å². The Morgan fingerprint density at radius 2 is 1.69 bits per heavy atom. The third-order valence-electron chi connectivity index (χ3n) is 2.53. The van der Waals surface area contributed by atoms with Crippen molar-refractivity contribution in [1.29, 1.82) is 0 Å². The van der Waals surface area contributed by atoms with Gasteiger partial charge in [-0.05, 0) is 93.4 Å². The summed E-state index contributed by atoms with van der Waals surface area (Å²) in [5.74, 6) is 0. The molecule has 0 nitrogen and oxygen atoms in total. The van der Waals surface area contributed by atoms with Crippen molar-refractivity contribution in [2.45, 2.75) is 13.3 Å². The van der Waals surface area contributed by atoms with Gasteiger partial charge in [0, 0.05) is 7.14 Å². The second kappa shape index (κ2) is 5.49. The second-order valence-corrected chi connectivity index (χ2v) is 6.30. The topological polar surface area (TPSA) is 0 Å². The van der Waals surface area contributed by atoms with E-state index in [2.05, 4.69) is 94.6 Å². The first-order chi connectivity index (χ1) is 7.65. The van der Waals surface area contributed by atoms with Crippen LogP contribution in [0.3, 0.4) is 0 Å². The molecular weight excluding hydrogens is 422 g/mol. The minimum absolute atomic E-state index is 1.02. The van der Waals surface area contributed by atoms with Gasteiger partial charge >= 0.3 is 0 Å².